The Kier molecular flexibility index (Phi) is 6.29. The maximum atomic E-state index is 5.61. The lowest BCUT2D eigenvalue weighted by Crippen LogP contribution is -2.05. The van der Waals surface area contributed by atoms with Crippen molar-refractivity contribution >= 4 is 75.1 Å². The molecule has 4 heterocycles. The number of hydrogen-bond acceptors (Lipinski definition) is 3. The van der Waals surface area contributed by atoms with Crippen molar-refractivity contribution in [3.8, 4) is 56.3 Å². The third-order valence-corrected chi connectivity index (χ3v) is 13.1. The molecular weight excluding hydrogens is 713 g/mol. The molecule has 0 bridgehead atoms. The SMILES string of the molecule is c1ccc2c(c1)-c1ccccc1-c1ncc(-n3c4ccccc4c4c5c6ccccc6n(-c6ccc7sc8ccccc8c7c6)c5ccc43)nc1-c1ccccc1-2. The highest BCUT2D eigenvalue weighted by atomic mass is 32.1. The summed E-state index contributed by atoms with van der Waals surface area (Å²) >= 11 is 1.86. The van der Waals surface area contributed by atoms with E-state index in [9.17, 15) is 0 Å². The second kappa shape index (κ2) is 11.6. The van der Waals surface area contributed by atoms with E-state index in [0.717, 1.165) is 56.2 Å². The van der Waals surface area contributed by atoms with Crippen molar-refractivity contribution in [1.29, 1.82) is 0 Å². The van der Waals surface area contributed by atoms with Gasteiger partial charge in [-0.1, -0.05) is 127 Å². The average Bonchev–Trinajstić information content (AvgIpc) is 3.93. The highest BCUT2D eigenvalue weighted by molar-refractivity contribution is 7.25. The van der Waals surface area contributed by atoms with E-state index in [1.54, 1.807) is 0 Å². The van der Waals surface area contributed by atoms with Gasteiger partial charge in [-0.3, -0.25) is 9.55 Å². The summed E-state index contributed by atoms with van der Waals surface area (Å²) in [6.45, 7) is 0. The Morgan fingerprint density at radius 3 is 1.53 bits per heavy atom. The number of hydrogen-bond donors (Lipinski definition) is 0. The summed E-state index contributed by atoms with van der Waals surface area (Å²) in [5.74, 6) is 0.791. The third-order valence-electron chi connectivity index (χ3n) is 12.0. The lowest BCUT2D eigenvalue weighted by atomic mass is 9.84. The molecule has 0 amide bonds. The molecule has 4 aromatic heterocycles. The van der Waals surface area contributed by atoms with Crippen LogP contribution in [0.5, 0.6) is 0 Å². The predicted molar refractivity (Wildman–Crippen MR) is 239 cm³/mol. The first-order chi connectivity index (χ1) is 28.3. The van der Waals surface area contributed by atoms with E-state index in [1.165, 1.54) is 63.9 Å². The summed E-state index contributed by atoms with van der Waals surface area (Å²) in [5.41, 5.74) is 14.4. The zero-order valence-corrected chi connectivity index (χ0v) is 31.3. The molecule has 1 aliphatic carbocycles. The van der Waals surface area contributed by atoms with Crippen LogP contribution in [0.3, 0.4) is 0 Å². The van der Waals surface area contributed by atoms with E-state index in [1.807, 2.05) is 17.5 Å². The van der Waals surface area contributed by atoms with Crippen LogP contribution in [-0.2, 0) is 0 Å². The van der Waals surface area contributed by atoms with Crippen molar-refractivity contribution in [2.45, 2.75) is 0 Å². The molecule has 1 aliphatic rings. The molecule has 57 heavy (non-hydrogen) atoms. The molecule has 0 unspecified atom stereocenters. The number of para-hydroxylation sites is 2. The van der Waals surface area contributed by atoms with Gasteiger partial charge in [0.05, 0.1) is 39.7 Å². The van der Waals surface area contributed by atoms with Gasteiger partial charge in [0.2, 0.25) is 0 Å². The van der Waals surface area contributed by atoms with Crippen molar-refractivity contribution < 1.29 is 0 Å². The molecule has 264 valence electrons. The van der Waals surface area contributed by atoms with Crippen molar-refractivity contribution in [1.82, 2.24) is 19.1 Å². The second-order valence-corrected chi connectivity index (χ2v) is 16.0. The van der Waals surface area contributed by atoms with Crippen LogP contribution in [0.25, 0.3) is 120 Å². The number of thiophene rings is 1. The summed E-state index contributed by atoms with van der Waals surface area (Å²) < 4.78 is 7.38. The molecule has 0 fully saturated rings. The van der Waals surface area contributed by atoms with Gasteiger partial charge in [-0.05, 0) is 70.8 Å². The summed E-state index contributed by atoms with van der Waals surface area (Å²) in [6, 6.07) is 63.8. The monoisotopic (exact) mass is 742 g/mol. The smallest absolute Gasteiger partial charge is 0.156 e. The molecule has 0 saturated heterocycles. The molecule has 0 spiro atoms. The van der Waals surface area contributed by atoms with Crippen LogP contribution >= 0.6 is 11.3 Å². The fraction of sp³-hybridized carbons (Fsp3) is 0. The topological polar surface area (TPSA) is 35.6 Å². The Morgan fingerprint density at radius 1 is 0.368 bits per heavy atom. The number of fused-ring (bicyclic) bond motifs is 18. The Labute approximate surface area is 331 Å². The first-order valence-electron chi connectivity index (χ1n) is 19.3. The van der Waals surface area contributed by atoms with E-state index in [-0.39, 0.29) is 0 Å². The number of rotatable bonds is 2. The molecule has 0 radical (unpaired) electrons. The van der Waals surface area contributed by atoms with Crippen LogP contribution in [-0.4, -0.2) is 19.1 Å². The summed E-state index contributed by atoms with van der Waals surface area (Å²) in [4.78, 5) is 10.9. The third kappa shape index (κ3) is 4.26. The molecule has 8 aromatic carbocycles. The minimum atomic E-state index is 0.791. The van der Waals surface area contributed by atoms with E-state index >= 15 is 0 Å². The quantitative estimate of drug-likeness (QED) is 0.177. The zero-order chi connectivity index (χ0) is 37.2. The van der Waals surface area contributed by atoms with E-state index in [2.05, 4.69) is 185 Å². The minimum absolute atomic E-state index is 0.791. The second-order valence-electron chi connectivity index (χ2n) is 14.9. The van der Waals surface area contributed by atoms with Crippen molar-refractivity contribution in [2.24, 2.45) is 0 Å². The number of aromatic nitrogens is 4. The van der Waals surface area contributed by atoms with Gasteiger partial charge in [0.1, 0.15) is 0 Å². The van der Waals surface area contributed by atoms with Gasteiger partial charge in [0, 0.05) is 58.5 Å². The maximum Gasteiger partial charge on any atom is 0.156 e. The Morgan fingerprint density at radius 2 is 0.860 bits per heavy atom. The van der Waals surface area contributed by atoms with Crippen molar-refractivity contribution in [2.75, 3.05) is 0 Å². The van der Waals surface area contributed by atoms with Crippen LogP contribution in [0.2, 0.25) is 0 Å². The Bertz CT molecular complexity index is 3650. The molecule has 0 saturated carbocycles. The van der Waals surface area contributed by atoms with Crippen LogP contribution in [0.1, 0.15) is 0 Å². The predicted octanol–water partition coefficient (Wildman–Crippen LogP) is 14.0. The molecular formula is C52H30N4S. The van der Waals surface area contributed by atoms with Gasteiger partial charge in [-0.2, -0.15) is 0 Å². The number of nitrogens with zero attached hydrogens (tertiary/aromatic N) is 4. The van der Waals surface area contributed by atoms with Crippen LogP contribution < -0.4 is 0 Å². The van der Waals surface area contributed by atoms with Gasteiger partial charge in [-0.25, -0.2) is 4.98 Å². The molecule has 12 aromatic rings. The van der Waals surface area contributed by atoms with E-state index in [4.69, 9.17) is 9.97 Å². The molecule has 0 atom stereocenters. The zero-order valence-electron chi connectivity index (χ0n) is 30.5. The summed E-state index contributed by atoms with van der Waals surface area (Å²) in [7, 11) is 0. The molecule has 5 heteroatoms. The normalized spacial score (nSPS) is 12.2. The van der Waals surface area contributed by atoms with Crippen molar-refractivity contribution in [3.05, 3.63) is 182 Å². The average molecular weight is 743 g/mol. The standard InChI is InChI=1S/C52H30N4S/c1-2-14-33-32(13-1)34-15-3-5-18-37(34)51-52(38-19-6-4-16-35(33)38)54-48(30-53-51)56-43-23-11-8-21-40(43)50-45(56)27-26-44-49(50)39-20-7-10-22-42(39)55(44)31-25-28-47-41(29-31)36-17-9-12-24-46(36)57-47/h1-30H. The van der Waals surface area contributed by atoms with Gasteiger partial charge in [-0.15, -0.1) is 11.3 Å². The van der Waals surface area contributed by atoms with Gasteiger partial charge in [0.25, 0.3) is 0 Å². The summed E-state index contributed by atoms with van der Waals surface area (Å²) in [6.07, 6.45) is 1.96. The lowest BCUT2D eigenvalue weighted by Gasteiger charge is -2.22. The van der Waals surface area contributed by atoms with E-state index in [0.29, 0.717) is 0 Å². The van der Waals surface area contributed by atoms with Gasteiger partial charge >= 0.3 is 0 Å². The summed E-state index contributed by atoms with van der Waals surface area (Å²) in [5, 5.41) is 7.47. The lowest BCUT2D eigenvalue weighted by molar-refractivity contribution is 1.05. The largest absolute Gasteiger partial charge is 0.309 e. The van der Waals surface area contributed by atoms with Crippen molar-refractivity contribution in [3.63, 3.8) is 0 Å². The van der Waals surface area contributed by atoms with Gasteiger partial charge < -0.3 is 4.57 Å². The highest BCUT2D eigenvalue weighted by Crippen LogP contribution is 2.48. The molecule has 0 N–H and O–H groups in total. The van der Waals surface area contributed by atoms with Crippen LogP contribution in [0.4, 0.5) is 0 Å². The van der Waals surface area contributed by atoms with Crippen LogP contribution in [0, 0.1) is 0 Å². The van der Waals surface area contributed by atoms with E-state index < -0.39 is 0 Å². The fourth-order valence-electron chi connectivity index (χ4n) is 9.57. The number of benzene rings is 8. The van der Waals surface area contributed by atoms with Crippen LogP contribution in [0.15, 0.2) is 182 Å². The molecule has 0 aliphatic heterocycles. The van der Waals surface area contributed by atoms with Gasteiger partial charge in [0.15, 0.2) is 5.82 Å². The molecule has 4 nitrogen and oxygen atoms in total. The molecule has 13 rings (SSSR count). The Hall–Kier alpha value is -7.34. The fourth-order valence-corrected chi connectivity index (χ4v) is 10.7. The Balaban J connectivity index is 1.10. The maximum absolute atomic E-state index is 5.61. The minimum Gasteiger partial charge on any atom is -0.309 e. The highest BCUT2D eigenvalue weighted by Gasteiger charge is 2.26. The first kappa shape index (κ1) is 30.9. The first-order valence-corrected chi connectivity index (χ1v) is 20.1.